The number of ether oxygens (including phenoxy) is 1. The number of hydrogen-bond acceptors (Lipinski definition) is 4. The smallest absolute Gasteiger partial charge is 0.339 e. The molecule has 0 aromatic heterocycles. The average Bonchev–Trinajstić information content (AvgIpc) is 2.52. The van der Waals surface area contributed by atoms with Crippen molar-refractivity contribution in [2.45, 2.75) is 6.92 Å². The maximum Gasteiger partial charge on any atom is 0.339 e. The van der Waals surface area contributed by atoms with Crippen LogP contribution in [-0.4, -0.2) is 24.3 Å². The van der Waals surface area contributed by atoms with Crippen molar-refractivity contribution in [2.24, 2.45) is 5.73 Å². The average molecular weight is 297 g/mol. The van der Waals surface area contributed by atoms with Crippen molar-refractivity contribution in [1.82, 2.24) is 0 Å². The molecule has 0 atom stereocenters. The lowest BCUT2D eigenvalue weighted by atomic mass is 9.98. The fourth-order valence-corrected chi connectivity index (χ4v) is 1.93. The van der Waals surface area contributed by atoms with Crippen LogP contribution in [0.3, 0.4) is 0 Å². The molecule has 0 aliphatic heterocycles. The van der Waals surface area contributed by atoms with E-state index in [1.54, 1.807) is 30.3 Å². The van der Waals surface area contributed by atoms with Gasteiger partial charge in [0.15, 0.2) is 12.4 Å². The molecule has 0 saturated carbocycles. The van der Waals surface area contributed by atoms with Crippen molar-refractivity contribution in [3.05, 3.63) is 70.8 Å². The number of rotatable bonds is 5. The zero-order valence-corrected chi connectivity index (χ0v) is 12.0. The summed E-state index contributed by atoms with van der Waals surface area (Å²) in [6.45, 7) is 1.40. The molecule has 2 aromatic carbocycles. The third-order valence-corrected chi connectivity index (χ3v) is 3.05. The molecule has 5 heteroatoms. The van der Waals surface area contributed by atoms with Crippen LogP contribution >= 0.6 is 0 Å². The molecular formula is C17H15NO4. The molecule has 0 fully saturated rings. The molecule has 0 aliphatic carbocycles. The molecule has 0 aliphatic rings. The minimum Gasteiger partial charge on any atom is -0.452 e. The van der Waals surface area contributed by atoms with E-state index in [4.69, 9.17) is 10.5 Å². The molecule has 2 N–H and O–H groups in total. The number of hydrogen-bond donors (Lipinski definition) is 1. The Kier molecular flexibility index (Phi) is 4.68. The predicted molar refractivity (Wildman–Crippen MR) is 80.5 cm³/mol. The second kappa shape index (κ2) is 6.67. The highest BCUT2D eigenvalue weighted by Gasteiger charge is 2.19. The highest BCUT2D eigenvalue weighted by Crippen LogP contribution is 2.16. The lowest BCUT2D eigenvalue weighted by molar-refractivity contribution is -0.121. The lowest BCUT2D eigenvalue weighted by Crippen LogP contribution is -2.22. The van der Waals surface area contributed by atoms with Crippen LogP contribution in [0.4, 0.5) is 0 Å². The van der Waals surface area contributed by atoms with E-state index in [-0.39, 0.29) is 16.9 Å². The van der Waals surface area contributed by atoms with Gasteiger partial charge in [-0.25, -0.2) is 4.79 Å². The third kappa shape index (κ3) is 3.58. The number of aryl methyl sites for hydroxylation is 1. The fraction of sp³-hybridized carbons (Fsp3) is 0.118. The molecule has 0 heterocycles. The molecule has 2 rings (SSSR count). The maximum absolute atomic E-state index is 12.5. The lowest BCUT2D eigenvalue weighted by Gasteiger charge is -2.08. The Bertz CT molecular complexity index is 720. The van der Waals surface area contributed by atoms with Gasteiger partial charge in [-0.15, -0.1) is 0 Å². The van der Waals surface area contributed by atoms with Gasteiger partial charge < -0.3 is 10.5 Å². The van der Waals surface area contributed by atoms with E-state index in [1.807, 2.05) is 19.1 Å². The second-order valence-electron chi connectivity index (χ2n) is 4.78. The molecule has 0 bridgehead atoms. The first-order valence-corrected chi connectivity index (χ1v) is 6.65. The summed E-state index contributed by atoms with van der Waals surface area (Å²) in [6.07, 6.45) is 0. The number of amides is 1. The molecular weight excluding hydrogens is 282 g/mol. The summed E-state index contributed by atoms with van der Waals surface area (Å²) in [6, 6.07) is 13.3. The van der Waals surface area contributed by atoms with Gasteiger partial charge >= 0.3 is 5.97 Å². The Morgan fingerprint density at radius 1 is 0.955 bits per heavy atom. The van der Waals surface area contributed by atoms with Gasteiger partial charge in [-0.05, 0) is 13.0 Å². The Morgan fingerprint density at radius 3 is 2.14 bits per heavy atom. The van der Waals surface area contributed by atoms with Crippen LogP contribution in [-0.2, 0) is 9.53 Å². The van der Waals surface area contributed by atoms with Crippen molar-refractivity contribution in [1.29, 1.82) is 0 Å². The topological polar surface area (TPSA) is 86.5 Å². The van der Waals surface area contributed by atoms with Gasteiger partial charge in [-0.1, -0.05) is 48.0 Å². The van der Waals surface area contributed by atoms with Crippen LogP contribution in [0.15, 0.2) is 48.5 Å². The van der Waals surface area contributed by atoms with Crippen molar-refractivity contribution in [3.63, 3.8) is 0 Å². The highest BCUT2D eigenvalue weighted by molar-refractivity contribution is 6.14. The normalized spacial score (nSPS) is 10.0. The summed E-state index contributed by atoms with van der Waals surface area (Å²) < 4.78 is 4.77. The number of nitrogens with two attached hydrogens (primary N) is 1. The van der Waals surface area contributed by atoms with Gasteiger partial charge in [-0.3, -0.25) is 9.59 Å². The van der Waals surface area contributed by atoms with Crippen LogP contribution in [0.25, 0.3) is 0 Å². The van der Waals surface area contributed by atoms with Crippen LogP contribution in [0, 0.1) is 6.92 Å². The van der Waals surface area contributed by atoms with E-state index in [1.165, 1.54) is 6.07 Å². The van der Waals surface area contributed by atoms with Crippen LogP contribution in [0.2, 0.25) is 0 Å². The summed E-state index contributed by atoms with van der Waals surface area (Å²) in [4.78, 5) is 35.2. The van der Waals surface area contributed by atoms with Gasteiger partial charge in [0.1, 0.15) is 0 Å². The van der Waals surface area contributed by atoms with Crippen molar-refractivity contribution < 1.29 is 19.1 Å². The third-order valence-electron chi connectivity index (χ3n) is 3.05. The predicted octanol–water partition coefficient (Wildman–Crippen LogP) is 1.87. The van der Waals surface area contributed by atoms with E-state index in [2.05, 4.69) is 0 Å². The van der Waals surface area contributed by atoms with Gasteiger partial charge in [0.2, 0.25) is 0 Å². The summed E-state index contributed by atoms with van der Waals surface area (Å²) >= 11 is 0. The Balaban J connectivity index is 2.31. The summed E-state index contributed by atoms with van der Waals surface area (Å²) in [5, 5.41) is 0. The molecule has 22 heavy (non-hydrogen) atoms. The first kappa shape index (κ1) is 15.4. The quantitative estimate of drug-likeness (QED) is 0.674. The zero-order valence-electron chi connectivity index (χ0n) is 12.0. The molecule has 112 valence electrons. The van der Waals surface area contributed by atoms with E-state index in [0.29, 0.717) is 5.56 Å². The van der Waals surface area contributed by atoms with Crippen molar-refractivity contribution >= 4 is 17.7 Å². The SMILES string of the molecule is Cc1ccc(C(=O)c2ccccc2C(=O)OCC(N)=O)cc1. The number of benzene rings is 2. The zero-order chi connectivity index (χ0) is 16.1. The number of carbonyl (C=O) groups excluding carboxylic acids is 3. The molecule has 0 unspecified atom stereocenters. The Labute approximate surface area is 127 Å². The fourth-order valence-electron chi connectivity index (χ4n) is 1.93. The summed E-state index contributed by atoms with van der Waals surface area (Å²) in [5.74, 6) is -1.79. The monoisotopic (exact) mass is 297 g/mol. The van der Waals surface area contributed by atoms with E-state index in [0.717, 1.165) is 5.56 Å². The van der Waals surface area contributed by atoms with Crippen LogP contribution < -0.4 is 5.73 Å². The standard InChI is InChI=1S/C17H15NO4/c1-11-6-8-12(9-7-11)16(20)13-4-2-3-5-14(13)17(21)22-10-15(18)19/h2-9H,10H2,1H3,(H2,18,19). The molecule has 0 radical (unpaired) electrons. The highest BCUT2D eigenvalue weighted by atomic mass is 16.5. The molecule has 1 amide bonds. The molecule has 0 spiro atoms. The Hall–Kier alpha value is -2.95. The van der Waals surface area contributed by atoms with Gasteiger partial charge in [0, 0.05) is 11.1 Å². The first-order chi connectivity index (χ1) is 10.5. The van der Waals surface area contributed by atoms with E-state index in [9.17, 15) is 14.4 Å². The van der Waals surface area contributed by atoms with Crippen molar-refractivity contribution in [3.8, 4) is 0 Å². The van der Waals surface area contributed by atoms with Crippen LogP contribution in [0.5, 0.6) is 0 Å². The Morgan fingerprint density at radius 2 is 1.55 bits per heavy atom. The first-order valence-electron chi connectivity index (χ1n) is 6.65. The largest absolute Gasteiger partial charge is 0.452 e. The second-order valence-corrected chi connectivity index (χ2v) is 4.78. The summed E-state index contributed by atoms with van der Waals surface area (Å²) in [7, 11) is 0. The van der Waals surface area contributed by atoms with Gasteiger partial charge in [-0.2, -0.15) is 0 Å². The minimum absolute atomic E-state index is 0.106. The van der Waals surface area contributed by atoms with Crippen LogP contribution in [0.1, 0.15) is 31.8 Å². The minimum atomic E-state index is -0.755. The number of primary amides is 1. The molecule has 2 aromatic rings. The van der Waals surface area contributed by atoms with E-state index >= 15 is 0 Å². The molecule has 0 saturated heterocycles. The number of carbonyl (C=O) groups is 3. The number of ketones is 1. The van der Waals surface area contributed by atoms with E-state index < -0.39 is 18.5 Å². The van der Waals surface area contributed by atoms with Crippen molar-refractivity contribution in [2.75, 3.05) is 6.61 Å². The van der Waals surface area contributed by atoms with Gasteiger partial charge in [0.25, 0.3) is 5.91 Å². The maximum atomic E-state index is 12.5. The number of esters is 1. The van der Waals surface area contributed by atoms with Gasteiger partial charge in [0.05, 0.1) is 5.56 Å². The molecule has 5 nitrogen and oxygen atoms in total. The summed E-state index contributed by atoms with van der Waals surface area (Å²) in [5.41, 5.74) is 6.77.